The maximum Gasteiger partial charge on any atom is 0.139 e. The second-order valence-corrected chi connectivity index (χ2v) is 38.2. The molecule has 27 heavy (non-hydrogen) atoms. The molecule has 162 valence electrons. The molecule has 0 heterocycles. The van der Waals surface area contributed by atoms with Crippen LogP contribution in [0.3, 0.4) is 0 Å². The molecule has 0 N–H and O–H groups in total. The van der Waals surface area contributed by atoms with Gasteiger partial charge in [-0.1, -0.05) is 98.2 Å². The summed E-state index contributed by atoms with van der Waals surface area (Å²) in [5.41, 5.74) is 0. The lowest BCUT2D eigenvalue weighted by Gasteiger charge is -2.56. The van der Waals surface area contributed by atoms with Crippen molar-refractivity contribution in [1.82, 2.24) is 13.4 Å². The monoisotopic (exact) mass is 461 g/mol. The first kappa shape index (κ1) is 27.2. The fourth-order valence-corrected chi connectivity index (χ4v) is 30.1. The van der Waals surface area contributed by atoms with E-state index in [0.29, 0.717) is 0 Å². The van der Waals surface area contributed by atoms with Crippen molar-refractivity contribution in [3.8, 4) is 0 Å². The van der Waals surface area contributed by atoms with Crippen molar-refractivity contribution in [2.45, 2.75) is 98.2 Å². The van der Waals surface area contributed by atoms with Crippen LogP contribution in [0.25, 0.3) is 0 Å². The van der Waals surface area contributed by atoms with Gasteiger partial charge in [0.05, 0.1) is 0 Å². The van der Waals surface area contributed by atoms with Gasteiger partial charge in [-0.25, -0.2) is 0 Å². The van der Waals surface area contributed by atoms with E-state index in [1.54, 1.807) is 11.1 Å². The van der Waals surface area contributed by atoms with E-state index in [2.05, 4.69) is 126 Å². The summed E-state index contributed by atoms with van der Waals surface area (Å²) in [6.07, 6.45) is 0. The Morgan fingerprint density at radius 2 is 0.704 bits per heavy atom. The van der Waals surface area contributed by atoms with Gasteiger partial charge >= 0.3 is 0 Å². The van der Waals surface area contributed by atoms with Crippen molar-refractivity contribution < 1.29 is 0 Å². The summed E-state index contributed by atoms with van der Waals surface area (Å²) in [6.45, 7) is 38.2. The molecule has 0 aliphatic rings. The van der Waals surface area contributed by atoms with Crippen molar-refractivity contribution >= 4 is 41.0 Å². The molecular weight excluding hydrogens is 411 g/mol. The zero-order valence-corrected chi connectivity index (χ0v) is 26.8. The van der Waals surface area contributed by atoms with Crippen molar-refractivity contribution in [2.75, 3.05) is 14.1 Å². The minimum absolute atomic E-state index is 1.52. The molecule has 0 unspecified atom stereocenters. The average molecular weight is 462 g/mol. The van der Waals surface area contributed by atoms with Crippen LogP contribution in [-0.2, 0) is 0 Å². The van der Waals surface area contributed by atoms with Gasteiger partial charge in [0.15, 0.2) is 0 Å². The average Bonchev–Trinajstić information content (AvgIpc) is 2.24. The number of hydrogen-bond donors (Lipinski definition) is 0. The Labute approximate surface area is 177 Å². The highest BCUT2D eigenvalue weighted by atomic mass is 28.4. The van der Waals surface area contributed by atoms with Gasteiger partial charge in [0.1, 0.15) is 46.8 Å². The van der Waals surface area contributed by atoms with Gasteiger partial charge in [-0.3, -0.25) is 0 Å². The summed E-state index contributed by atoms with van der Waals surface area (Å²) in [5.74, 6) is 1.57. The Morgan fingerprint density at radius 3 is 0.852 bits per heavy atom. The van der Waals surface area contributed by atoms with E-state index in [9.17, 15) is 0 Å². The van der Waals surface area contributed by atoms with Crippen LogP contribution in [-0.4, -0.2) is 68.5 Å². The van der Waals surface area contributed by atoms with Gasteiger partial charge in [0.25, 0.3) is 0 Å². The van der Waals surface area contributed by atoms with Crippen LogP contribution in [0.2, 0.25) is 98.2 Å². The van der Waals surface area contributed by atoms with Crippen LogP contribution < -0.4 is 0 Å². The minimum Gasteiger partial charge on any atom is -0.429 e. The molecule has 0 fully saturated rings. The predicted octanol–water partition coefficient (Wildman–Crippen LogP) is 6.54. The van der Waals surface area contributed by atoms with E-state index < -0.39 is 41.0 Å². The Balaban J connectivity index is 7.45. The highest BCUT2D eigenvalue weighted by Crippen LogP contribution is 2.37. The summed E-state index contributed by atoms with van der Waals surface area (Å²) in [7, 11) is -3.10. The zero-order chi connectivity index (χ0) is 22.4. The lowest BCUT2D eigenvalue weighted by molar-refractivity contribution is 0.413. The maximum absolute atomic E-state index is 3.02. The quantitative estimate of drug-likeness (QED) is 0.380. The third kappa shape index (κ3) is 7.20. The molecule has 0 aromatic rings. The van der Waals surface area contributed by atoms with Gasteiger partial charge in [0.2, 0.25) is 0 Å². The number of nitrogens with zero attached hydrogens (tertiary/aromatic N) is 3. The van der Waals surface area contributed by atoms with Crippen molar-refractivity contribution in [1.29, 1.82) is 0 Å². The van der Waals surface area contributed by atoms with Crippen LogP contribution >= 0.6 is 0 Å². The summed E-state index contributed by atoms with van der Waals surface area (Å²) in [4.78, 5) is 2.47. The molecule has 0 spiro atoms. The van der Waals surface area contributed by atoms with Crippen molar-refractivity contribution in [2.24, 2.45) is 0 Å². The smallest absolute Gasteiger partial charge is 0.139 e. The van der Waals surface area contributed by atoms with Gasteiger partial charge in [-0.05, 0) is 0 Å². The highest BCUT2D eigenvalue weighted by molar-refractivity contribution is 6.95. The second-order valence-electron chi connectivity index (χ2n) is 13.2. The molecule has 0 aromatic heterocycles. The first-order chi connectivity index (χ1) is 11.4. The minimum atomic E-state index is -1.58. The molecule has 0 amide bonds. The first-order valence-electron chi connectivity index (χ1n) is 10.5. The van der Waals surface area contributed by atoms with Crippen LogP contribution in [0.1, 0.15) is 0 Å². The Kier molecular flexibility index (Phi) is 8.23. The predicted molar refractivity (Wildman–Crippen MR) is 141 cm³/mol. The van der Waals surface area contributed by atoms with Gasteiger partial charge in [-0.15, -0.1) is 0 Å². The lowest BCUT2D eigenvalue weighted by atomic mass is 10.7. The molecule has 0 aromatic carbocycles. The molecule has 0 bridgehead atoms. The van der Waals surface area contributed by atoms with E-state index in [1.165, 1.54) is 0 Å². The van der Waals surface area contributed by atoms with E-state index in [1.807, 2.05) is 0 Å². The highest BCUT2D eigenvalue weighted by Gasteiger charge is 2.46. The fourth-order valence-electron chi connectivity index (χ4n) is 4.61. The van der Waals surface area contributed by atoms with Crippen LogP contribution in [0.15, 0.2) is 11.1 Å². The molecule has 0 radical (unpaired) electrons. The van der Waals surface area contributed by atoms with Gasteiger partial charge < -0.3 is 13.4 Å². The summed E-state index contributed by atoms with van der Waals surface area (Å²) < 4.78 is 5.98. The molecule has 3 nitrogen and oxygen atoms in total. The normalized spacial score (nSPS) is 15.4. The van der Waals surface area contributed by atoms with Crippen molar-refractivity contribution in [3.63, 3.8) is 0 Å². The molecule has 0 aliphatic carbocycles. The van der Waals surface area contributed by atoms with E-state index in [-0.39, 0.29) is 0 Å². The zero-order valence-electron chi connectivity index (χ0n) is 21.8. The van der Waals surface area contributed by atoms with Crippen LogP contribution in [0, 0.1) is 0 Å². The summed E-state index contributed by atoms with van der Waals surface area (Å²) in [6, 6.07) is 0. The van der Waals surface area contributed by atoms with Crippen LogP contribution in [0.4, 0.5) is 0 Å². The van der Waals surface area contributed by atoms with Gasteiger partial charge in [-0.2, -0.15) is 0 Å². The van der Waals surface area contributed by atoms with E-state index in [0.717, 1.165) is 0 Å². The number of hydrogen-bond acceptors (Lipinski definition) is 3. The second kappa shape index (κ2) is 8.16. The van der Waals surface area contributed by atoms with Crippen molar-refractivity contribution in [3.05, 3.63) is 11.1 Å². The molecule has 0 aliphatic heterocycles. The third-order valence-electron chi connectivity index (χ3n) is 4.46. The molecule has 0 rings (SSSR count). The fraction of sp³-hybridized carbons (Fsp3) is 0.895. The standard InChI is InChI=1S/C19H51N3Si5/c1-20(2)18(21(24(6,7)8)25(9,10)11)19(23(3,4)5)22(26(12,13)14)27(15,16)17/h1-17H3/b19-18-. The number of rotatable bonds is 8. The molecule has 0 saturated heterocycles. The van der Waals surface area contributed by atoms with Gasteiger partial charge in [0, 0.05) is 19.4 Å². The summed E-state index contributed by atoms with van der Waals surface area (Å²) in [5, 5.41) is 1.73. The lowest BCUT2D eigenvalue weighted by Crippen LogP contribution is -2.66. The SMILES string of the molecule is CN(C)/C(=C(\N([Si](C)(C)C)[Si](C)(C)C)[Si](C)(C)C)N([Si](C)(C)C)[Si](C)(C)C. The Morgan fingerprint density at radius 1 is 0.444 bits per heavy atom. The van der Waals surface area contributed by atoms with E-state index >= 15 is 0 Å². The van der Waals surface area contributed by atoms with E-state index in [4.69, 9.17) is 0 Å². The molecular formula is C19H51N3Si5. The first-order valence-corrected chi connectivity index (χ1v) is 27.7. The summed E-state index contributed by atoms with van der Waals surface area (Å²) >= 11 is 0. The molecule has 0 atom stereocenters. The Bertz CT molecular complexity index is 510. The van der Waals surface area contributed by atoms with Crippen LogP contribution in [0.5, 0.6) is 0 Å². The molecule has 8 heteroatoms. The third-order valence-corrected chi connectivity index (χ3v) is 21.1. The maximum atomic E-state index is 3.02. The largest absolute Gasteiger partial charge is 0.429 e. The molecule has 0 saturated carbocycles. The topological polar surface area (TPSA) is 9.72 Å². The Hall–Kier alpha value is 0.224.